The van der Waals surface area contributed by atoms with Gasteiger partial charge in [0, 0.05) is 30.9 Å². The van der Waals surface area contributed by atoms with E-state index in [4.69, 9.17) is 4.74 Å². The average molecular weight is 352 g/mol. The van der Waals surface area contributed by atoms with Crippen molar-refractivity contribution in [3.63, 3.8) is 0 Å². The number of aryl methyl sites for hydroxylation is 1. The van der Waals surface area contributed by atoms with E-state index in [0.717, 1.165) is 15.8 Å². The number of aromatic nitrogens is 2. The van der Waals surface area contributed by atoms with Crippen LogP contribution in [0.1, 0.15) is 15.9 Å². The van der Waals surface area contributed by atoms with Crippen LogP contribution in [-0.4, -0.2) is 41.2 Å². The second-order valence-corrected chi connectivity index (χ2v) is 5.82. The van der Waals surface area contributed by atoms with Gasteiger partial charge in [0.1, 0.15) is 5.75 Å². The molecule has 112 valence electrons. The first kappa shape index (κ1) is 15.7. The van der Waals surface area contributed by atoms with E-state index in [1.54, 1.807) is 30.0 Å². The van der Waals surface area contributed by atoms with Crippen molar-refractivity contribution in [3.8, 4) is 5.75 Å². The molecule has 0 saturated carbocycles. The maximum Gasteiger partial charge on any atom is 0.176 e. The van der Waals surface area contributed by atoms with Gasteiger partial charge in [0.2, 0.25) is 0 Å². The molecule has 0 atom stereocenters. The predicted molar refractivity (Wildman–Crippen MR) is 84.6 cm³/mol. The van der Waals surface area contributed by atoms with Crippen LogP contribution in [0.4, 0.5) is 0 Å². The molecule has 1 heterocycles. The second-order valence-electron chi connectivity index (χ2n) is 4.97. The smallest absolute Gasteiger partial charge is 0.176 e. The minimum Gasteiger partial charge on any atom is -0.496 e. The lowest BCUT2D eigenvalue weighted by Crippen LogP contribution is -2.25. The van der Waals surface area contributed by atoms with Crippen molar-refractivity contribution in [2.45, 2.75) is 6.54 Å². The van der Waals surface area contributed by atoms with Crippen molar-refractivity contribution in [2.75, 3.05) is 20.7 Å². The van der Waals surface area contributed by atoms with Gasteiger partial charge in [0.05, 0.1) is 24.3 Å². The third-order valence-corrected chi connectivity index (χ3v) is 3.72. The molecular formula is C15H18BrN3O2. The van der Waals surface area contributed by atoms with E-state index in [1.807, 2.05) is 31.4 Å². The Labute approximate surface area is 132 Å². The minimum atomic E-state index is 0.0738. The van der Waals surface area contributed by atoms with Crippen LogP contribution in [0.25, 0.3) is 0 Å². The standard InChI is InChI=1S/C15H18BrN3O2/c1-18(8-11-7-17-19(2)9-11)10-14(20)12-4-5-15(21-3)13(16)6-12/h4-7,9H,8,10H2,1-3H3. The SMILES string of the molecule is COc1ccc(C(=O)CN(C)Cc2cnn(C)c2)cc1Br. The highest BCUT2D eigenvalue weighted by Crippen LogP contribution is 2.25. The van der Waals surface area contributed by atoms with Crippen molar-refractivity contribution >= 4 is 21.7 Å². The van der Waals surface area contributed by atoms with Crippen LogP contribution in [0.15, 0.2) is 35.1 Å². The number of rotatable bonds is 6. The first-order chi connectivity index (χ1) is 9.99. The molecule has 0 fully saturated rings. The molecule has 0 amide bonds. The molecule has 5 nitrogen and oxygen atoms in total. The van der Waals surface area contributed by atoms with Gasteiger partial charge in [-0.25, -0.2) is 0 Å². The topological polar surface area (TPSA) is 47.4 Å². The Balaban J connectivity index is 1.98. The zero-order valence-corrected chi connectivity index (χ0v) is 13.9. The second kappa shape index (κ2) is 6.87. The Morgan fingerprint density at radius 1 is 1.48 bits per heavy atom. The summed E-state index contributed by atoms with van der Waals surface area (Å²) in [5, 5.41) is 4.12. The lowest BCUT2D eigenvalue weighted by molar-refractivity contribution is 0.0943. The van der Waals surface area contributed by atoms with Gasteiger partial charge in [-0.3, -0.25) is 14.4 Å². The van der Waals surface area contributed by atoms with Gasteiger partial charge in [-0.1, -0.05) is 0 Å². The number of benzene rings is 1. The van der Waals surface area contributed by atoms with E-state index in [9.17, 15) is 4.79 Å². The Bertz CT molecular complexity index is 640. The highest BCUT2D eigenvalue weighted by molar-refractivity contribution is 9.10. The summed E-state index contributed by atoms with van der Waals surface area (Å²) < 4.78 is 7.70. The lowest BCUT2D eigenvalue weighted by Gasteiger charge is -2.15. The van der Waals surface area contributed by atoms with Crippen LogP contribution in [0.5, 0.6) is 5.75 Å². The first-order valence-corrected chi connectivity index (χ1v) is 7.31. The van der Waals surface area contributed by atoms with Crippen LogP contribution < -0.4 is 4.74 Å². The maximum atomic E-state index is 12.3. The summed E-state index contributed by atoms with van der Waals surface area (Å²) in [6.07, 6.45) is 3.76. The number of hydrogen-bond acceptors (Lipinski definition) is 4. The molecule has 2 rings (SSSR count). The summed E-state index contributed by atoms with van der Waals surface area (Å²) in [6.45, 7) is 1.05. The highest BCUT2D eigenvalue weighted by atomic mass is 79.9. The Kier molecular flexibility index (Phi) is 5.14. The van der Waals surface area contributed by atoms with Crippen molar-refractivity contribution < 1.29 is 9.53 Å². The third-order valence-electron chi connectivity index (χ3n) is 3.10. The van der Waals surface area contributed by atoms with E-state index in [2.05, 4.69) is 21.0 Å². The van der Waals surface area contributed by atoms with Crippen molar-refractivity contribution in [1.82, 2.24) is 14.7 Å². The Morgan fingerprint density at radius 2 is 2.24 bits per heavy atom. The first-order valence-electron chi connectivity index (χ1n) is 6.52. The minimum absolute atomic E-state index is 0.0738. The predicted octanol–water partition coefficient (Wildman–Crippen LogP) is 2.51. The normalized spacial score (nSPS) is 10.9. The van der Waals surface area contributed by atoms with Gasteiger partial charge < -0.3 is 4.74 Å². The van der Waals surface area contributed by atoms with Crippen LogP contribution in [0, 0.1) is 0 Å². The molecular weight excluding hydrogens is 334 g/mol. The number of carbonyl (C=O) groups is 1. The van der Waals surface area contributed by atoms with Gasteiger partial charge in [-0.2, -0.15) is 5.10 Å². The van der Waals surface area contributed by atoms with Gasteiger partial charge in [-0.05, 0) is 41.2 Å². The summed E-state index contributed by atoms with van der Waals surface area (Å²) in [4.78, 5) is 14.2. The molecule has 2 aromatic rings. The third kappa shape index (κ3) is 4.15. The van der Waals surface area contributed by atoms with Gasteiger partial charge >= 0.3 is 0 Å². The van der Waals surface area contributed by atoms with E-state index >= 15 is 0 Å². The molecule has 6 heteroatoms. The fraction of sp³-hybridized carbons (Fsp3) is 0.333. The number of hydrogen-bond donors (Lipinski definition) is 0. The molecule has 0 aliphatic carbocycles. The Hall–Kier alpha value is -1.66. The molecule has 0 bridgehead atoms. The zero-order valence-electron chi connectivity index (χ0n) is 12.3. The molecule has 0 unspecified atom stereocenters. The maximum absolute atomic E-state index is 12.3. The number of methoxy groups -OCH3 is 1. The number of ether oxygens (including phenoxy) is 1. The van der Waals surface area contributed by atoms with E-state index in [0.29, 0.717) is 18.7 Å². The van der Waals surface area contributed by atoms with Crippen LogP contribution in [0.2, 0.25) is 0 Å². The molecule has 0 saturated heterocycles. The highest BCUT2D eigenvalue weighted by Gasteiger charge is 2.12. The molecule has 21 heavy (non-hydrogen) atoms. The fourth-order valence-electron chi connectivity index (χ4n) is 2.10. The Morgan fingerprint density at radius 3 is 2.81 bits per heavy atom. The van der Waals surface area contributed by atoms with E-state index in [-0.39, 0.29) is 5.78 Å². The summed E-state index contributed by atoms with van der Waals surface area (Å²) in [7, 11) is 5.40. The van der Waals surface area contributed by atoms with Gasteiger partial charge in [0.15, 0.2) is 5.78 Å². The average Bonchev–Trinajstić information content (AvgIpc) is 2.83. The fourth-order valence-corrected chi connectivity index (χ4v) is 2.64. The van der Waals surface area contributed by atoms with Gasteiger partial charge in [-0.15, -0.1) is 0 Å². The van der Waals surface area contributed by atoms with E-state index < -0.39 is 0 Å². The number of carbonyl (C=O) groups excluding carboxylic acids is 1. The van der Waals surface area contributed by atoms with Gasteiger partial charge in [0.25, 0.3) is 0 Å². The molecule has 0 radical (unpaired) electrons. The number of Topliss-reactive ketones (excluding diaryl/α,β-unsaturated/α-hetero) is 1. The summed E-state index contributed by atoms with van der Waals surface area (Å²) in [6, 6.07) is 5.36. The van der Waals surface area contributed by atoms with Crippen molar-refractivity contribution in [3.05, 3.63) is 46.2 Å². The van der Waals surface area contributed by atoms with Crippen molar-refractivity contribution in [2.24, 2.45) is 7.05 Å². The molecule has 0 N–H and O–H groups in total. The number of likely N-dealkylation sites (N-methyl/N-ethyl adjacent to an activating group) is 1. The molecule has 1 aromatic heterocycles. The summed E-state index contributed by atoms with van der Waals surface area (Å²) in [5.74, 6) is 0.792. The summed E-state index contributed by atoms with van der Waals surface area (Å²) >= 11 is 3.40. The zero-order chi connectivity index (χ0) is 15.4. The van der Waals surface area contributed by atoms with Crippen LogP contribution in [0.3, 0.4) is 0 Å². The number of halogens is 1. The molecule has 1 aromatic carbocycles. The number of nitrogens with zero attached hydrogens (tertiary/aromatic N) is 3. The van der Waals surface area contributed by atoms with Crippen LogP contribution in [-0.2, 0) is 13.6 Å². The molecule has 0 aliphatic heterocycles. The van der Waals surface area contributed by atoms with Crippen molar-refractivity contribution in [1.29, 1.82) is 0 Å². The monoisotopic (exact) mass is 351 g/mol. The quantitative estimate of drug-likeness (QED) is 0.750. The molecule has 0 spiro atoms. The molecule has 0 aliphatic rings. The largest absolute Gasteiger partial charge is 0.496 e. The summed E-state index contributed by atoms with van der Waals surface area (Å²) in [5.41, 5.74) is 1.75. The van der Waals surface area contributed by atoms with E-state index in [1.165, 1.54) is 0 Å². The van der Waals surface area contributed by atoms with Crippen LogP contribution >= 0.6 is 15.9 Å². The lowest BCUT2D eigenvalue weighted by atomic mass is 10.1. The number of ketones is 1.